The summed E-state index contributed by atoms with van der Waals surface area (Å²) in [6.07, 6.45) is 0.640. The predicted molar refractivity (Wildman–Crippen MR) is 82.8 cm³/mol. The smallest absolute Gasteiger partial charge is 0.122 e. The molecular formula is C16H15Cl2NO. The summed E-state index contributed by atoms with van der Waals surface area (Å²) in [6, 6.07) is 13.5. The Kier molecular flexibility index (Phi) is 3.88. The van der Waals surface area contributed by atoms with E-state index in [1.807, 2.05) is 36.4 Å². The van der Waals surface area contributed by atoms with Crippen LogP contribution in [0.4, 0.5) is 0 Å². The molecule has 0 aromatic heterocycles. The number of halogens is 2. The molecule has 2 N–H and O–H groups in total. The molecule has 1 aliphatic rings. The van der Waals surface area contributed by atoms with Gasteiger partial charge in [-0.3, -0.25) is 0 Å². The van der Waals surface area contributed by atoms with Crippen molar-refractivity contribution in [2.24, 2.45) is 5.73 Å². The molecule has 0 fully saturated rings. The zero-order valence-electron chi connectivity index (χ0n) is 10.9. The van der Waals surface area contributed by atoms with Crippen molar-refractivity contribution >= 4 is 23.2 Å². The molecule has 2 aromatic carbocycles. The van der Waals surface area contributed by atoms with Gasteiger partial charge >= 0.3 is 0 Å². The van der Waals surface area contributed by atoms with Crippen molar-refractivity contribution in [2.45, 2.75) is 18.4 Å². The van der Waals surface area contributed by atoms with Crippen molar-refractivity contribution in [3.05, 3.63) is 63.6 Å². The Labute approximate surface area is 128 Å². The van der Waals surface area contributed by atoms with Crippen LogP contribution in [0.5, 0.6) is 5.75 Å². The monoisotopic (exact) mass is 307 g/mol. The van der Waals surface area contributed by atoms with Gasteiger partial charge in [-0.2, -0.15) is 0 Å². The molecule has 104 valence electrons. The lowest BCUT2D eigenvalue weighted by Crippen LogP contribution is -2.31. The average Bonchev–Trinajstić information content (AvgIpc) is 2.87. The van der Waals surface area contributed by atoms with Crippen molar-refractivity contribution in [1.82, 2.24) is 0 Å². The van der Waals surface area contributed by atoms with E-state index in [0.717, 1.165) is 11.3 Å². The zero-order valence-corrected chi connectivity index (χ0v) is 12.4. The van der Waals surface area contributed by atoms with E-state index < -0.39 is 0 Å². The van der Waals surface area contributed by atoms with Gasteiger partial charge in [-0.25, -0.2) is 0 Å². The van der Waals surface area contributed by atoms with E-state index >= 15 is 0 Å². The van der Waals surface area contributed by atoms with E-state index in [-0.39, 0.29) is 12.0 Å². The standard InChI is InChI=1S/C16H15Cl2NO/c17-13-5-3-6-14(18)11(13)8-15(19)12-9-20-16-7-2-1-4-10(12)16/h1-7,12,15H,8-9,19H2. The molecule has 0 amide bonds. The fraction of sp³-hybridized carbons (Fsp3) is 0.250. The first-order valence-corrected chi connectivity index (χ1v) is 7.32. The molecule has 0 radical (unpaired) electrons. The number of nitrogens with two attached hydrogens (primary N) is 1. The Bertz CT molecular complexity index is 609. The molecule has 3 rings (SSSR count). The number of benzene rings is 2. The van der Waals surface area contributed by atoms with Crippen LogP contribution in [0.3, 0.4) is 0 Å². The van der Waals surface area contributed by atoms with Gasteiger partial charge in [-0.15, -0.1) is 0 Å². The summed E-state index contributed by atoms with van der Waals surface area (Å²) in [6.45, 7) is 0.614. The second-order valence-electron chi connectivity index (χ2n) is 5.02. The first-order chi connectivity index (χ1) is 9.66. The average molecular weight is 308 g/mol. The zero-order chi connectivity index (χ0) is 14.1. The predicted octanol–water partition coefficient (Wildman–Crippen LogP) is 4.04. The lowest BCUT2D eigenvalue weighted by atomic mass is 9.90. The number of hydrogen-bond donors (Lipinski definition) is 1. The minimum absolute atomic E-state index is 0.0731. The highest BCUT2D eigenvalue weighted by atomic mass is 35.5. The fourth-order valence-electron chi connectivity index (χ4n) is 2.65. The van der Waals surface area contributed by atoms with Crippen molar-refractivity contribution in [2.75, 3.05) is 6.61 Å². The molecule has 1 aliphatic heterocycles. The van der Waals surface area contributed by atoms with Crippen molar-refractivity contribution in [3.8, 4) is 5.75 Å². The molecule has 1 heterocycles. The number of fused-ring (bicyclic) bond motifs is 1. The lowest BCUT2D eigenvalue weighted by molar-refractivity contribution is 0.313. The molecule has 2 unspecified atom stereocenters. The number of hydrogen-bond acceptors (Lipinski definition) is 2. The first-order valence-electron chi connectivity index (χ1n) is 6.57. The molecular weight excluding hydrogens is 293 g/mol. The third kappa shape index (κ3) is 2.51. The summed E-state index contributed by atoms with van der Waals surface area (Å²) in [5.41, 5.74) is 8.45. The largest absolute Gasteiger partial charge is 0.493 e. The SMILES string of the molecule is NC(Cc1c(Cl)cccc1Cl)C1COc2ccccc21. The Morgan fingerprint density at radius 3 is 2.55 bits per heavy atom. The van der Waals surface area contributed by atoms with Gasteiger partial charge < -0.3 is 10.5 Å². The van der Waals surface area contributed by atoms with Crippen molar-refractivity contribution < 1.29 is 4.74 Å². The number of para-hydroxylation sites is 1. The lowest BCUT2D eigenvalue weighted by Gasteiger charge is -2.19. The summed E-state index contributed by atoms with van der Waals surface area (Å²) in [4.78, 5) is 0. The van der Waals surface area contributed by atoms with Gasteiger partial charge in [-0.1, -0.05) is 47.5 Å². The number of ether oxygens (including phenoxy) is 1. The molecule has 2 aromatic rings. The van der Waals surface area contributed by atoms with Gasteiger partial charge in [0, 0.05) is 27.6 Å². The van der Waals surface area contributed by atoms with Crippen LogP contribution < -0.4 is 10.5 Å². The molecule has 0 aliphatic carbocycles. The van der Waals surface area contributed by atoms with Crippen LogP contribution in [0.15, 0.2) is 42.5 Å². The summed E-state index contributed by atoms with van der Waals surface area (Å²) >= 11 is 12.4. The summed E-state index contributed by atoms with van der Waals surface area (Å²) < 4.78 is 5.68. The summed E-state index contributed by atoms with van der Waals surface area (Å²) in [5.74, 6) is 1.11. The van der Waals surface area contributed by atoms with Gasteiger partial charge in [0.1, 0.15) is 5.75 Å². The molecule has 0 spiro atoms. The highest BCUT2D eigenvalue weighted by Crippen LogP contribution is 2.37. The fourth-order valence-corrected chi connectivity index (χ4v) is 3.20. The molecule has 0 saturated heterocycles. The minimum Gasteiger partial charge on any atom is -0.493 e. The Morgan fingerprint density at radius 1 is 1.10 bits per heavy atom. The van der Waals surface area contributed by atoms with Gasteiger partial charge in [-0.05, 0) is 30.2 Å². The second kappa shape index (κ2) is 5.65. The maximum atomic E-state index is 6.37. The van der Waals surface area contributed by atoms with E-state index in [2.05, 4.69) is 6.07 Å². The molecule has 2 nitrogen and oxygen atoms in total. The highest BCUT2D eigenvalue weighted by Gasteiger charge is 2.29. The van der Waals surface area contributed by atoms with Crippen LogP contribution >= 0.6 is 23.2 Å². The molecule has 0 saturated carbocycles. The third-order valence-corrected chi connectivity index (χ3v) is 4.46. The minimum atomic E-state index is -0.0731. The van der Waals surface area contributed by atoms with Crippen LogP contribution in [0.25, 0.3) is 0 Å². The van der Waals surface area contributed by atoms with Gasteiger partial charge in [0.25, 0.3) is 0 Å². The third-order valence-electron chi connectivity index (χ3n) is 3.76. The summed E-state index contributed by atoms with van der Waals surface area (Å²) in [5, 5.41) is 1.33. The number of rotatable bonds is 3. The maximum Gasteiger partial charge on any atom is 0.122 e. The van der Waals surface area contributed by atoms with E-state index in [0.29, 0.717) is 23.1 Å². The van der Waals surface area contributed by atoms with E-state index in [4.69, 9.17) is 33.7 Å². The Morgan fingerprint density at radius 2 is 1.80 bits per heavy atom. The van der Waals surface area contributed by atoms with Crippen LogP contribution in [-0.4, -0.2) is 12.6 Å². The topological polar surface area (TPSA) is 35.2 Å². The van der Waals surface area contributed by atoms with E-state index in [1.54, 1.807) is 0 Å². The van der Waals surface area contributed by atoms with Gasteiger partial charge in [0.05, 0.1) is 6.61 Å². The van der Waals surface area contributed by atoms with Crippen LogP contribution in [0.2, 0.25) is 10.0 Å². The van der Waals surface area contributed by atoms with Gasteiger partial charge in [0.15, 0.2) is 0 Å². The van der Waals surface area contributed by atoms with Crippen LogP contribution in [-0.2, 0) is 6.42 Å². The maximum absolute atomic E-state index is 6.37. The molecule has 0 bridgehead atoms. The Balaban J connectivity index is 1.83. The highest BCUT2D eigenvalue weighted by molar-refractivity contribution is 6.36. The van der Waals surface area contributed by atoms with E-state index in [9.17, 15) is 0 Å². The van der Waals surface area contributed by atoms with Crippen LogP contribution in [0.1, 0.15) is 17.0 Å². The van der Waals surface area contributed by atoms with E-state index in [1.165, 1.54) is 5.56 Å². The van der Waals surface area contributed by atoms with Gasteiger partial charge in [0.2, 0.25) is 0 Å². The first kappa shape index (κ1) is 13.7. The molecule has 2 atom stereocenters. The van der Waals surface area contributed by atoms with Crippen molar-refractivity contribution in [3.63, 3.8) is 0 Å². The Hall–Kier alpha value is -1.22. The van der Waals surface area contributed by atoms with Crippen molar-refractivity contribution in [1.29, 1.82) is 0 Å². The molecule has 20 heavy (non-hydrogen) atoms. The second-order valence-corrected chi connectivity index (χ2v) is 5.84. The summed E-state index contributed by atoms with van der Waals surface area (Å²) in [7, 11) is 0. The quantitative estimate of drug-likeness (QED) is 0.929. The normalized spacial score (nSPS) is 18.4. The van der Waals surface area contributed by atoms with Crippen LogP contribution in [0, 0.1) is 0 Å². The molecule has 4 heteroatoms.